The fourth-order valence-corrected chi connectivity index (χ4v) is 1.79. The van der Waals surface area contributed by atoms with Gasteiger partial charge in [-0.1, -0.05) is 29.8 Å². The molecule has 1 heterocycles. The maximum atomic E-state index is 5.29. The largest absolute Gasteiger partial charge is 0.467 e. The maximum Gasteiger partial charge on any atom is 0.191 e. The number of hydrogen-bond donors (Lipinski definition) is 2. The van der Waals surface area contributed by atoms with Gasteiger partial charge in [0.15, 0.2) is 5.96 Å². The normalized spacial score (nSPS) is 11.4. The Bertz CT molecular complexity index is 529. The molecule has 0 spiro atoms. The van der Waals surface area contributed by atoms with E-state index in [-0.39, 0.29) is 0 Å². The monoisotopic (exact) mass is 271 g/mol. The standard InChI is InChI=1S/C16H21N3O/c1-3-17-16(19-12-15-5-4-10-20-15)18-11-14-8-6-13(2)7-9-14/h4-10H,3,11-12H2,1-2H3,(H2,17,18,19). The van der Waals surface area contributed by atoms with Crippen molar-refractivity contribution >= 4 is 5.96 Å². The lowest BCUT2D eigenvalue weighted by Crippen LogP contribution is -2.36. The van der Waals surface area contributed by atoms with Crippen molar-refractivity contribution in [1.29, 1.82) is 0 Å². The van der Waals surface area contributed by atoms with Crippen LogP contribution in [0.2, 0.25) is 0 Å². The van der Waals surface area contributed by atoms with Crippen LogP contribution in [-0.2, 0) is 13.1 Å². The molecule has 4 nitrogen and oxygen atoms in total. The van der Waals surface area contributed by atoms with Gasteiger partial charge < -0.3 is 15.1 Å². The van der Waals surface area contributed by atoms with Crippen LogP contribution >= 0.6 is 0 Å². The van der Waals surface area contributed by atoms with Crippen molar-refractivity contribution in [1.82, 2.24) is 10.6 Å². The molecule has 0 fully saturated rings. The Morgan fingerprint density at radius 3 is 2.60 bits per heavy atom. The van der Waals surface area contributed by atoms with Gasteiger partial charge in [0.2, 0.25) is 0 Å². The fourth-order valence-electron chi connectivity index (χ4n) is 1.79. The Morgan fingerprint density at radius 1 is 1.15 bits per heavy atom. The first-order valence-electron chi connectivity index (χ1n) is 6.88. The van der Waals surface area contributed by atoms with E-state index in [0.717, 1.165) is 18.3 Å². The number of benzene rings is 1. The molecule has 0 radical (unpaired) electrons. The van der Waals surface area contributed by atoms with Crippen LogP contribution in [0.5, 0.6) is 0 Å². The first-order valence-corrected chi connectivity index (χ1v) is 6.88. The minimum absolute atomic E-state index is 0.632. The van der Waals surface area contributed by atoms with Gasteiger partial charge in [0.05, 0.1) is 19.4 Å². The minimum atomic E-state index is 0.632. The molecule has 20 heavy (non-hydrogen) atoms. The summed E-state index contributed by atoms with van der Waals surface area (Å²) in [5.41, 5.74) is 2.46. The molecule has 106 valence electrons. The lowest BCUT2D eigenvalue weighted by molar-refractivity contribution is 0.501. The van der Waals surface area contributed by atoms with E-state index in [1.165, 1.54) is 11.1 Å². The molecular formula is C16H21N3O. The summed E-state index contributed by atoms with van der Waals surface area (Å²) in [6.07, 6.45) is 1.67. The van der Waals surface area contributed by atoms with Crippen LogP contribution < -0.4 is 10.6 Å². The molecule has 0 aliphatic carbocycles. The Kier molecular flexibility index (Phi) is 5.24. The van der Waals surface area contributed by atoms with Gasteiger partial charge in [-0.3, -0.25) is 0 Å². The highest BCUT2D eigenvalue weighted by Crippen LogP contribution is 2.04. The zero-order chi connectivity index (χ0) is 14.2. The van der Waals surface area contributed by atoms with Gasteiger partial charge in [-0.15, -0.1) is 0 Å². The molecule has 1 aromatic heterocycles. The average molecular weight is 271 g/mol. The van der Waals surface area contributed by atoms with E-state index in [1.807, 2.05) is 12.1 Å². The molecule has 0 saturated heterocycles. The molecule has 0 saturated carbocycles. The lowest BCUT2D eigenvalue weighted by Gasteiger charge is -2.10. The highest BCUT2D eigenvalue weighted by Gasteiger charge is 2.00. The van der Waals surface area contributed by atoms with Crippen molar-refractivity contribution in [3.05, 3.63) is 59.5 Å². The van der Waals surface area contributed by atoms with Crippen LogP contribution in [0.15, 0.2) is 52.1 Å². The summed E-state index contributed by atoms with van der Waals surface area (Å²) in [5.74, 6) is 1.69. The van der Waals surface area contributed by atoms with Crippen LogP contribution in [0.4, 0.5) is 0 Å². The molecule has 2 N–H and O–H groups in total. The molecule has 0 amide bonds. The fraction of sp³-hybridized carbons (Fsp3) is 0.312. The van der Waals surface area contributed by atoms with Crippen LogP contribution in [0, 0.1) is 6.92 Å². The summed E-state index contributed by atoms with van der Waals surface area (Å²) in [5, 5.41) is 6.47. The summed E-state index contributed by atoms with van der Waals surface area (Å²) in [6.45, 7) is 6.26. The number of nitrogens with zero attached hydrogens (tertiary/aromatic N) is 1. The molecule has 2 rings (SSSR count). The summed E-state index contributed by atoms with van der Waals surface area (Å²) >= 11 is 0. The molecule has 1 aromatic carbocycles. The molecule has 4 heteroatoms. The van der Waals surface area contributed by atoms with E-state index >= 15 is 0 Å². The van der Waals surface area contributed by atoms with Gasteiger partial charge >= 0.3 is 0 Å². The van der Waals surface area contributed by atoms with Gasteiger partial charge in [-0.25, -0.2) is 4.99 Å². The second kappa shape index (κ2) is 7.38. The Labute approximate surface area is 119 Å². The minimum Gasteiger partial charge on any atom is -0.467 e. The van der Waals surface area contributed by atoms with Crippen LogP contribution in [0.3, 0.4) is 0 Å². The van der Waals surface area contributed by atoms with E-state index in [4.69, 9.17) is 4.42 Å². The van der Waals surface area contributed by atoms with Crippen LogP contribution in [-0.4, -0.2) is 12.5 Å². The second-order valence-electron chi connectivity index (χ2n) is 4.61. The molecule has 0 aliphatic rings. The Hall–Kier alpha value is -2.23. The number of nitrogens with one attached hydrogen (secondary N) is 2. The zero-order valence-corrected chi connectivity index (χ0v) is 12.0. The van der Waals surface area contributed by atoms with Gasteiger partial charge in [0, 0.05) is 6.54 Å². The molecule has 2 aromatic rings. The molecule has 0 aliphatic heterocycles. The van der Waals surface area contributed by atoms with Gasteiger partial charge in [0.1, 0.15) is 5.76 Å². The summed E-state index contributed by atoms with van der Waals surface area (Å²) in [6, 6.07) is 12.2. The van der Waals surface area contributed by atoms with E-state index in [1.54, 1.807) is 6.26 Å². The Morgan fingerprint density at radius 2 is 1.95 bits per heavy atom. The summed E-state index contributed by atoms with van der Waals surface area (Å²) < 4.78 is 5.29. The quantitative estimate of drug-likeness (QED) is 0.649. The number of aryl methyl sites for hydroxylation is 1. The lowest BCUT2D eigenvalue weighted by atomic mass is 10.1. The van der Waals surface area contributed by atoms with Crippen molar-refractivity contribution < 1.29 is 4.42 Å². The van der Waals surface area contributed by atoms with E-state index in [2.05, 4.69) is 53.7 Å². The van der Waals surface area contributed by atoms with Gasteiger partial charge in [0.25, 0.3) is 0 Å². The Balaban J connectivity index is 1.92. The SMILES string of the molecule is CCNC(=NCc1ccc(C)cc1)NCc1ccco1. The van der Waals surface area contributed by atoms with E-state index in [0.29, 0.717) is 13.1 Å². The molecule has 0 bridgehead atoms. The van der Waals surface area contributed by atoms with Gasteiger partial charge in [-0.05, 0) is 31.5 Å². The highest BCUT2D eigenvalue weighted by molar-refractivity contribution is 5.79. The van der Waals surface area contributed by atoms with Gasteiger partial charge in [-0.2, -0.15) is 0 Å². The maximum absolute atomic E-state index is 5.29. The number of furan rings is 1. The topological polar surface area (TPSA) is 49.6 Å². The summed E-state index contributed by atoms with van der Waals surface area (Å²) in [7, 11) is 0. The van der Waals surface area contributed by atoms with Crippen molar-refractivity contribution in [2.24, 2.45) is 4.99 Å². The van der Waals surface area contributed by atoms with Crippen LogP contribution in [0.1, 0.15) is 23.8 Å². The zero-order valence-electron chi connectivity index (χ0n) is 12.0. The first kappa shape index (κ1) is 14.2. The third kappa shape index (κ3) is 4.46. The number of hydrogen-bond acceptors (Lipinski definition) is 2. The predicted molar refractivity (Wildman–Crippen MR) is 81.5 cm³/mol. The molecule has 0 atom stereocenters. The number of aliphatic imine (C=N–C) groups is 1. The third-order valence-electron chi connectivity index (χ3n) is 2.89. The van der Waals surface area contributed by atoms with Crippen molar-refractivity contribution in [2.75, 3.05) is 6.54 Å². The summed E-state index contributed by atoms with van der Waals surface area (Å²) in [4.78, 5) is 4.57. The molecular weight excluding hydrogens is 250 g/mol. The highest BCUT2D eigenvalue weighted by atomic mass is 16.3. The van der Waals surface area contributed by atoms with Crippen molar-refractivity contribution in [2.45, 2.75) is 26.9 Å². The smallest absolute Gasteiger partial charge is 0.191 e. The van der Waals surface area contributed by atoms with E-state index in [9.17, 15) is 0 Å². The molecule has 0 unspecified atom stereocenters. The van der Waals surface area contributed by atoms with Crippen LogP contribution in [0.25, 0.3) is 0 Å². The van der Waals surface area contributed by atoms with Crippen molar-refractivity contribution in [3.63, 3.8) is 0 Å². The first-order chi connectivity index (χ1) is 9.78. The third-order valence-corrected chi connectivity index (χ3v) is 2.89. The van der Waals surface area contributed by atoms with Crippen molar-refractivity contribution in [3.8, 4) is 0 Å². The predicted octanol–water partition coefficient (Wildman–Crippen LogP) is 2.84. The van der Waals surface area contributed by atoms with E-state index < -0.39 is 0 Å². The number of guanidine groups is 1. The second-order valence-corrected chi connectivity index (χ2v) is 4.61. The number of rotatable bonds is 5. The average Bonchev–Trinajstić information content (AvgIpc) is 2.97.